The molecule has 30 heavy (non-hydrogen) atoms. The van der Waals surface area contributed by atoms with E-state index in [1.807, 2.05) is 12.1 Å². The van der Waals surface area contributed by atoms with Gasteiger partial charge in [0, 0.05) is 6.04 Å². The minimum absolute atomic E-state index is 0.158. The van der Waals surface area contributed by atoms with Crippen molar-refractivity contribution in [3.8, 4) is 17.2 Å². The van der Waals surface area contributed by atoms with Crippen molar-refractivity contribution in [1.82, 2.24) is 4.72 Å². The van der Waals surface area contributed by atoms with Crippen molar-refractivity contribution in [1.29, 1.82) is 0 Å². The van der Waals surface area contributed by atoms with Crippen molar-refractivity contribution < 1.29 is 23.4 Å². The Hall–Kier alpha value is -1.41. The lowest BCUT2D eigenvalue weighted by atomic mass is 10.1. The van der Waals surface area contributed by atoms with Gasteiger partial charge in [0.25, 0.3) is 0 Å². The van der Waals surface area contributed by atoms with Crippen LogP contribution in [0.5, 0.6) is 17.2 Å². The summed E-state index contributed by atoms with van der Waals surface area (Å²) in [5.41, 5.74) is 0.872. The average molecular weight is 651 g/mol. The second kappa shape index (κ2) is 10.3. The molecule has 158 valence electrons. The van der Waals surface area contributed by atoms with Gasteiger partial charge in [-0.15, -0.1) is 0 Å². The number of benzene rings is 3. The molecule has 3 aromatic carbocycles. The molecule has 1 unspecified atom stereocenters. The highest BCUT2D eigenvalue weighted by atomic mass is 127. The van der Waals surface area contributed by atoms with E-state index in [0.29, 0.717) is 17.9 Å². The van der Waals surface area contributed by atoms with Gasteiger partial charge in [-0.05, 0) is 106 Å². The first-order chi connectivity index (χ1) is 14.3. The molecule has 0 amide bonds. The first kappa shape index (κ1) is 23.3. The van der Waals surface area contributed by atoms with E-state index in [4.69, 9.17) is 4.74 Å². The highest BCUT2D eigenvalue weighted by Crippen LogP contribution is 2.33. The number of aliphatic hydroxyl groups is 1. The number of aliphatic hydroxyl groups excluding tert-OH is 1. The van der Waals surface area contributed by atoms with Gasteiger partial charge in [0.05, 0.1) is 18.6 Å². The van der Waals surface area contributed by atoms with Crippen molar-refractivity contribution in [3.05, 3.63) is 79.4 Å². The zero-order valence-corrected chi connectivity index (χ0v) is 20.8. The van der Waals surface area contributed by atoms with Crippen LogP contribution in [0, 0.1) is 7.14 Å². The largest absolute Gasteiger partial charge is 0.508 e. The molecule has 0 aromatic heterocycles. The van der Waals surface area contributed by atoms with Gasteiger partial charge in [-0.3, -0.25) is 0 Å². The summed E-state index contributed by atoms with van der Waals surface area (Å²) < 4.78 is 35.3. The van der Waals surface area contributed by atoms with Gasteiger partial charge in [-0.1, -0.05) is 18.2 Å². The van der Waals surface area contributed by atoms with Gasteiger partial charge in [0.2, 0.25) is 10.0 Å². The molecule has 0 aliphatic heterocycles. The molecule has 0 radical (unpaired) electrons. The summed E-state index contributed by atoms with van der Waals surface area (Å²) in [5.74, 6) is 1.44. The smallest absolute Gasteiger partial charge is 0.240 e. The molecule has 1 atom stereocenters. The molecule has 9 heteroatoms. The lowest BCUT2D eigenvalue weighted by Crippen LogP contribution is -2.39. The van der Waals surface area contributed by atoms with E-state index in [2.05, 4.69) is 49.9 Å². The fourth-order valence-electron chi connectivity index (χ4n) is 2.77. The van der Waals surface area contributed by atoms with Gasteiger partial charge in [0.15, 0.2) is 5.75 Å². The monoisotopic (exact) mass is 651 g/mol. The maximum atomic E-state index is 12.5. The fourth-order valence-corrected chi connectivity index (χ4v) is 6.14. The molecule has 0 saturated heterocycles. The maximum absolute atomic E-state index is 12.5. The van der Waals surface area contributed by atoms with E-state index in [-0.39, 0.29) is 17.3 Å². The third-order valence-electron chi connectivity index (χ3n) is 4.19. The highest BCUT2D eigenvalue weighted by Gasteiger charge is 2.21. The van der Waals surface area contributed by atoms with Crippen molar-refractivity contribution >= 4 is 55.2 Å². The van der Waals surface area contributed by atoms with Gasteiger partial charge < -0.3 is 14.9 Å². The van der Waals surface area contributed by atoms with E-state index < -0.39 is 16.1 Å². The average Bonchev–Trinajstić information content (AvgIpc) is 2.72. The van der Waals surface area contributed by atoms with Crippen molar-refractivity contribution in [2.24, 2.45) is 0 Å². The Morgan fingerprint density at radius 2 is 1.57 bits per heavy atom. The predicted octanol–water partition coefficient (Wildman–Crippen LogP) is 4.28. The van der Waals surface area contributed by atoms with E-state index >= 15 is 0 Å². The number of phenolic OH excluding ortho intramolecular Hbond substituents is 1. The molecule has 3 aromatic rings. The van der Waals surface area contributed by atoms with Crippen LogP contribution < -0.4 is 9.46 Å². The predicted molar refractivity (Wildman–Crippen MR) is 131 cm³/mol. The van der Waals surface area contributed by atoms with Gasteiger partial charge >= 0.3 is 0 Å². The van der Waals surface area contributed by atoms with Crippen LogP contribution in [0.3, 0.4) is 0 Å². The summed E-state index contributed by atoms with van der Waals surface area (Å²) in [7, 11) is -3.72. The summed E-state index contributed by atoms with van der Waals surface area (Å²) in [6.45, 7) is -0.328. The number of sulfonamides is 1. The number of phenols is 1. The number of ether oxygens (including phenoxy) is 1. The third kappa shape index (κ3) is 6.06. The van der Waals surface area contributed by atoms with Gasteiger partial charge in [-0.25, -0.2) is 13.1 Å². The SMILES string of the molecule is O=S(=O)(NC(CO)Cc1cc(I)c(Oc2ccc(O)cc2)c(I)c1)c1ccccc1. The molecule has 0 fully saturated rings. The van der Waals surface area contributed by atoms with Crippen LogP contribution in [-0.2, 0) is 16.4 Å². The number of nitrogens with one attached hydrogen (secondary N) is 1. The Morgan fingerprint density at radius 3 is 2.13 bits per heavy atom. The molecule has 0 heterocycles. The molecular formula is C21H19I2NO5S. The second-order valence-electron chi connectivity index (χ2n) is 6.50. The lowest BCUT2D eigenvalue weighted by Gasteiger charge is -2.18. The first-order valence-electron chi connectivity index (χ1n) is 8.91. The Labute approximate surface area is 202 Å². The van der Waals surface area contributed by atoms with Gasteiger partial charge in [0.1, 0.15) is 11.5 Å². The summed E-state index contributed by atoms with van der Waals surface area (Å²) in [5, 5.41) is 19.1. The summed E-state index contributed by atoms with van der Waals surface area (Å²) in [6.07, 6.45) is 0.327. The number of hydrogen-bond acceptors (Lipinski definition) is 5. The van der Waals surface area contributed by atoms with E-state index in [9.17, 15) is 18.6 Å². The Morgan fingerprint density at radius 1 is 0.967 bits per heavy atom. The highest BCUT2D eigenvalue weighted by molar-refractivity contribution is 14.1. The van der Waals surface area contributed by atoms with E-state index in [1.54, 1.807) is 42.5 Å². The van der Waals surface area contributed by atoms with Crippen LogP contribution in [-0.4, -0.2) is 31.3 Å². The summed E-state index contributed by atoms with van der Waals surface area (Å²) in [4.78, 5) is 0.158. The minimum atomic E-state index is -3.72. The molecule has 0 aliphatic rings. The van der Waals surface area contributed by atoms with E-state index in [1.165, 1.54) is 12.1 Å². The molecule has 0 bridgehead atoms. The maximum Gasteiger partial charge on any atom is 0.240 e. The number of aromatic hydroxyl groups is 1. The van der Waals surface area contributed by atoms with Crippen LogP contribution >= 0.6 is 45.2 Å². The van der Waals surface area contributed by atoms with Gasteiger partial charge in [-0.2, -0.15) is 0 Å². The normalized spacial score (nSPS) is 12.5. The quantitative estimate of drug-likeness (QED) is 0.317. The van der Waals surface area contributed by atoms with E-state index in [0.717, 1.165) is 12.7 Å². The van der Waals surface area contributed by atoms with Crippen molar-refractivity contribution in [2.45, 2.75) is 17.4 Å². The standard InChI is InChI=1S/C21H19I2NO5S/c22-19-11-14(12-20(23)21(19)29-17-8-6-16(26)7-9-17)10-15(13-25)24-30(27,28)18-4-2-1-3-5-18/h1-9,11-12,15,24-26H,10,13H2. The first-order valence-corrected chi connectivity index (χ1v) is 12.6. The van der Waals surface area contributed by atoms with Crippen LogP contribution in [0.1, 0.15) is 5.56 Å². The second-order valence-corrected chi connectivity index (χ2v) is 10.5. The summed E-state index contributed by atoms with van der Waals surface area (Å²) >= 11 is 4.32. The van der Waals surface area contributed by atoms with Crippen molar-refractivity contribution in [3.63, 3.8) is 0 Å². The molecule has 6 nitrogen and oxygen atoms in total. The number of halogens is 2. The van der Waals surface area contributed by atoms with Crippen molar-refractivity contribution in [2.75, 3.05) is 6.61 Å². The molecule has 3 rings (SSSR count). The minimum Gasteiger partial charge on any atom is -0.508 e. The zero-order valence-electron chi connectivity index (χ0n) is 15.6. The Bertz CT molecular complexity index is 1080. The molecule has 0 saturated carbocycles. The van der Waals surface area contributed by atoms with Crippen LogP contribution in [0.15, 0.2) is 71.6 Å². The lowest BCUT2D eigenvalue weighted by molar-refractivity contribution is 0.256. The molecule has 0 spiro atoms. The topological polar surface area (TPSA) is 95.9 Å². The van der Waals surface area contributed by atoms with Crippen LogP contribution in [0.4, 0.5) is 0 Å². The molecular weight excluding hydrogens is 632 g/mol. The summed E-state index contributed by atoms with van der Waals surface area (Å²) in [6, 6.07) is 17.7. The van der Waals surface area contributed by atoms with Crippen LogP contribution in [0.2, 0.25) is 0 Å². The molecule has 0 aliphatic carbocycles. The Balaban J connectivity index is 1.76. The van der Waals surface area contributed by atoms with Crippen LogP contribution in [0.25, 0.3) is 0 Å². The Kier molecular flexibility index (Phi) is 7.96. The number of hydrogen-bond donors (Lipinski definition) is 3. The molecule has 3 N–H and O–H groups in total. The fraction of sp³-hybridized carbons (Fsp3) is 0.143. The zero-order chi connectivity index (χ0) is 21.7. The number of rotatable bonds is 8. The third-order valence-corrected chi connectivity index (χ3v) is 7.33.